The zero-order valence-electron chi connectivity index (χ0n) is 18.2. The molecule has 0 fully saturated rings. The molecule has 0 atom stereocenters. The van der Waals surface area contributed by atoms with Gasteiger partial charge in [0.15, 0.2) is 0 Å². The minimum absolute atomic E-state index is 0. The Bertz CT molecular complexity index is 522. The average molecular weight is 463 g/mol. The number of carbonyl (C=O) groups excluding carboxylic acids is 4. The Morgan fingerprint density at radius 3 is 1.10 bits per heavy atom. The summed E-state index contributed by atoms with van der Waals surface area (Å²) in [4.78, 5) is 43.0. The fourth-order valence-corrected chi connectivity index (χ4v) is 1.44. The molecule has 0 saturated heterocycles. The standard InChI is InChI=1S/2C9H14O5.Mg.2H2O/c2*1-3-13-8(11)5-7(10)6-9(12)14-4-2;;;/h2*5,10H,3-4,6H2,1-2H3;;2*1H2/q;;+2;;/p-2/b2*7-5-;;;. The molecule has 176 valence electrons. The predicted molar refractivity (Wildman–Crippen MR) is 105 cm³/mol. The summed E-state index contributed by atoms with van der Waals surface area (Å²) < 4.78 is 18.0. The number of esters is 4. The predicted octanol–water partition coefficient (Wildman–Crippen LogP) is -2.54. The topological polar surface area (TPSA) is 214 Å². The smallest absolute Gasteiger partial charge is 0.875 e. The van der Waals surface area contributed by atoms with Crippen molar-refractivity contribution in [1.82, 2.24) is 0 Å². The largest absolute Gasteiger partial charge is 2.00 e. The van der Waals surface area contributed by atoms with Crippen LogP contribution in [-0.4, -0.2) is 84.3 Å². The van der Waals surface area contributed by atoms with Crippen molar-refractivity contribution in [2.45, 2.75) is 40.5 Å². The SMILES string of the molecule is CCOC(=O)/C=C(\[O-])CC(=O)OCC.CCOC(=O)/C=C(\[O-])CC(=O)OCC.O.O.[Mg+2]. The van der Waals surface area contributed by atoms with E-state index in [-0.39, 0.29) is 60.4 Å². The molecule has 0 aromatic rings. The van der Waals surface area contributed by atoms with Crippen molar-refractivity contribution in [3.05, 3.63) is 23.7 Å². The van der Waals surface area contributed by atoms with Crippen LogP contribution in [0.1, 0.15) is 40.5 Å². The Morgan fingerprint density at radius 2 is 0.871 bits per heavy atom. The number of hydrogen-bond acceptors (Lipinski definition) is 10. The first-order valence-electron chi connectivity index (χ1n) is 8.59. The molecule has 0 radical (unpaired) electrons. The molecule has 0 aliphatic carbocycles. The molecule has 0 amide bonds. The van der Waals surface area contributed by atoms with Gasteiger partial charge in [-0.25, -0.2) is 9.59 Å². The van der Waals surface area contributed by atoms with Crippen LogP contribution >= 0.6 is 0 Å². The van der Waals surface area contributed by atoms with Gasteiger partial charge >= 0.3 is 46.9 Å². The van der Waals surface area contributed by atoms with E-state index < -0.39 is 48.2 Å². The van der Waals surface area contributed by atoms with Crippen molar-refractivity contribution in [2.24, 2.45) is 0 Å². The molecule has 0 aliphatic rings. The number of hydrogen-bond donors (Lipinski definition) is 0. The second kappa shape index (κ2) is 25.7. The van der Waals surface area contributed by atoms with E-state index in [1.807, 2.05) is 0 Å². The maximum absolute atomic E-state index is 11.0. The van der Waals surface area contributed by atoms with Gasteiger partial charge < -0.3 is 40.1 Å². The van der Waals surface area contributed by atoms with E-state index in [1.165, 1.54) is 0 Å². The minimum Gasteiger partial charge on any atom is -0.875 e. The van der Waals surface area contributed by atoms with Crippen LogP contribution in [0.5, 0.6) is 0 Å². The summed E-state index contributed by atoms with van der Waals surface area (Å²) in [6.45, 7) is 7.35. The Labute approximate surface area is 196 Å². The molecule has 0 aromatic carbocycles. The normalized spacial score (nSPS) is 9.81. The van der Waals surface area contributed by atoms with Crippen molar-refractivity contribution < 1.29 is 59.3 Å². The monoisotopic (exact) mass is 462 g/mol. The molecular weight excluding hydrogens is 432 g/mol. The molecular formula is C18H30MgO12. The summed E-state index contributed by atoms with van der Waals surface area (Å²) in [6, 6.07) is 0. The van der Waals surface area contributed by atoms with Crippen LogP contribution in [-0.2, 0) is 38.1 Å². The van der Waals surface area contributed by atoms with Gasteiger partial charge in [-0.05, 0) is 27.7 Å². The van der Waals surface area contributed by atoms with Gasteiger partial charge in [0.25, 0.3) is 0 Å². The fraction of sp³-hybridized carbons (Fsp3) is 0.556. The number of rotatable bonds is 10. The summed E-state index contributed by atoms with van der Waals surface area (Å²) in [5.74, 6) is -3.97. The van der Waals surface area contributed by atoms with Crippen LogP contribution in [0, 0.1) is 0 Å². The van der Waals surface area contributed by atoms with E-state index in [1.54, 1.807) is 27.7 Å². The minimum atomic E-state index is -0.734. The molecule has 12 nitrogen and oxygen atoms in total. The van der Waals surface area contributed by atoms with Gasteiger partial charge in [0.1, 0.15) is 0 Å². The molecule has 4 N–H and O–H groups in total. The number of carbonyl (C=O) groups is 4. The molecule has 0 heterocycles. The zero-order chi connectivity index (χ0) is 21.9. The Hall–Kier alpha value is -2.35. The Kier molecular flexibility index (Phi) is 32.4. The third-order valence-electron chi connectivity index (χ3n) is 2.38. The maximum Gasteiger partial charge on any atom is 2.00 e. The van der Waals surface area contributed by atoms with E-state index >= 15 is 0 Å². The molecule has 0 bridgehead atoms. The van der Waals surface area contributed by atoms with Crippen molar-refractivity contribution >= 4 is 46.9 Å². The second-order valence-corrected chi connectivity index (χ2v) is 4.69. The van der Waals surface area contributed by atoms with Gasteiger partial charge in [-0.2, -0.15) is 0 Å². The first-order chi connectivity index (χ1) is 13.2. The Morgan fingerprint density at radius 1 is 0.613 bits per heavy atom. The van der Waals surface area contributed by atoms with Crippen LogP contribution < -0.4 is 10.2 Å². The van der Waals surface area contributed by atoms with Crippen molar-refractivity contribution in [1.29, 1.82) is 0 Å². The molecule has 0 rings (SSSR count). The molecule has 0 aromatic heterocycles. The van der Waals surface area contributed by atoms with Crippen molar-refractivity contribution in [3.63, 3.8) is 0 Å². The summed E-state index contributed by atoms with van der Waals surface area (Å²) >= 11 is 0. The summed E-state index contributed by atoms with van der Waals surface area (Å²) in [5.41, 5.74) is 0. The zero-order valence-corrected chi connectivity index (χ0v) is 19.6. The van der Waals surface area contributed by atoms with Crippen LogP contribution in [0.15, 0.2) is 23.7 Å². The molecule has 13 heteroatoms. The van der Waals surface area contributed by atoms with Crippen LogP contribution in [0.4, 0.5) is 0 Å². The van der Waals surface area contributed by atoms with Gasteiger partial charge in [-0.1, -0.05) is 0 Å². The van der Waals surface area contributed by atoms with E-state index in [4.69, 9.17) is 0 Å². The van der Waals surface area contributed by atoms with Crippen LogP contribution in [0.2, 0.25) is 0 Å². The van der Waals surface area contributed by atoms with Gasteiger partial charge in [0.05, 0.1) is 39.3 Å². The van der Waals surface area contributed by atoms with Gasteiger partial charge in [-0.3, -0.25) is 9.59 Å². The molecule has 0 spiro atoms. The van der Waals surface area contributed by atoms with Crippen molar-refractivity contribution in [2.75, 3.05) is 26.4 Å². The van der Waals surface area contributed by atoms with Gasteiger partial charge in [0, 0.05) is 12.2 Å². The summed E-state index contributed by atoms with van der Waals surface area (Å²) in [7, 11) is 0. The second-order valence-electron chi connectivity index (χ2n) is 4.69. The van der Waals surface area contributed by atoms with Gasteiger partial charge in [-0.15, -0.1) is 11.5 Å². The van der Waals surface area contributed by atoms with Gasteiger partial charge in [0.2, 0.25) is 0 Å². The molecule has 0 saturated carbocycles. The number of ether oxygens (including phenoxy) is 4. The molecule has 0 unspecified atom stereocenters. The summed E-state index contributed by atoms with van der Waals surface area (Å²) in [5, 5.41) is 21.9. The van der Waals surface area contributed by atoms with Crippen LogP contribution in [0.3, 0.4) is 0 Å². The third-order valence-corrected chi connectivity index (χ3v) is 2.38. The van der Waals surface area contributed by atoms with E-state index in [0.717, 1.165) is 12.2 Å². The fourth-order valence-electron chi connectivity index (χ4n) is 1.44. The average Bonchev–Trinajstić information content (AvgIpc) is 2.55. The van der Waals surface area contributed by atoms with E-state index in [0.29, 0.717) is 0 Å². The van der Waals surface area contributed by atoms with E-state index in [2.05, 4.69) is 18.9 Å². The first kappa shape index (κ1) is 39.2. The van der Waals surface area contributed by atoms with E-state index in [9.17, 15) is 29.4 Å². The maximum atomic E-state index is 11.0. The summed E-state index contributed by atoms with van der Waals surface area (Å²) in [6.07, 6.45) is 0.653. The molecule has 31 heavy (non-hydrogen) atoms. The Balaban J connectivity index is -0.000000133. The third kappa shape index (κ3) is 27.6. The quantitative estimate of drug-likeness (QED) is 0.109. The van der Waals surface area contributed by atoms with Crippen molar-refractivity contribution in [3.8, 4) is 0 Å². The first-order valence-corrected chi connectivity index (χ1v) is 8.59. The van der Waals surface area contributed by atoms with Crippen LogP contribution in [0.25, 0.3) is 0 Å². The molecule has 0 aliphatic heterocycles.